The summed E-state index contributed by atoms with van der Waals surface area (Å²) in [6.45, 7) is 0.624. The van der Waals surface area contributed by atoms with E-state index in [1.54, 1.807) is 26.4 Å². The molecular formula is C18H21N3O5. The van der Waals surface area contributed by atoms with Crippen LogP contribution in [0.25, 0.3) is 0 Å². The standard InChI is InChI=1S/C18H21N3O5/c1-25-16-8-7-13(11-17(16)26-2)9-10-19-12-18(22)20-14-5-3-4-6-15(14)21(23)24/h3-8,11,19H,9-10,12H2,1-2H3,(H,20,22). The number of hydrogen-bond acceptors (Lipinski definition) is 6. The van der Waals surface area contributed by atoms with Gasteiger partial charge in [0.15, 0.2) is 11.5 Å². The summed E-state index contributed by atoms with van der Waals surface area (Å²) in [6, 6.07) is 11.7. The number of nitrogens with zero attached hydrogens (tertiary/aromatic N) is 1. The van der Waals surface area contributed by atoms with Crippen molar-refractivity contribution in [3.63, 3.8) is 0 Å². The number of nitrogens with one attached hydrogen (secondary N) is 2. The van der Waals surface area contributed by atoms with Gasteiger partial charge in [-0.2, -0.15) is 0 Å². The lowest BCUT2D eigenvalue weighted by molar-refractivity contribution is -0.383. The van der Waals surface area contributed by atoms with Crippen molar-refractivity contribution in [1.82, 2.24) is 5.32 Å². The maximum Gasteiger partial charge on any atom is 0.292 e. The van der Waals surface area contributed by atoms with Crippen molar-refractivity contribution in [2.24, 2.45) is 0 Å². The molecule has 138 valence electrons. The third-order valence-corrected chi connectivity index (χ3v) is 3.70. The van der Waals surface area contributed by atoms with Crippen molar-refractivity contribution < 1.29 is 19.2 Å². The normalized spacial score (nSPS) is 10.2. The molecule has 0 unspecified atom stereocenters. The van der Waals surface area contributed by atoms with Gasteiger partial charge in [-0.3, -0.25) is 14.9 Å². The Hall–Kier alpha value is -3.13. The van der Waals surface area contributed by atoms with E-state index in [0.717, 1.165) is 5.56 Å². The summed E-state index contributed by atoms with van der Waals surface area (Å²) in [5.41, 5.74) is 1.09. The largest absolute Gasteiger partial charge is 0.493 e. The Labute approximate surface area is 151 Å². The lowest BCUT2D eigenvalue weighted by Gasteiger charge is -2.10. The molecule has 0 spiro atoms. The Morgan fingerprint density at radius 3 is 2.54 bits per heavy atom. The highest BCUT2D eigenvalue weighted by atomic mass is 16.6. The zero-order chi connectivity index (χ0) is 18.9. The predicted octanol–water partition coefficient (Wildman–Crippen LogP) is 2.38. The second-order valence-corrected chi connectivity index (χ2v) is 5.44. The van der Waals surface area contributed by atoms with E-state index in [2.05, 4.69) is 10.6 Å². The summed E-state index contributed by atoms with van der Waals surface area (Å²) in [6.07, 6.45) is 0.694. The van der Waals surface area contributed by atoms with E-state index in [4.69, 9.17) is 9.47 Å². The van der Waals surface area contributed by atoms with Gasteiger partial charge in [-0.05, 0) is 36.7 Å². The average molecular weight is 359 g/mol. The smallest absolute Gasteiger partial charge is 0.292 e. The van der Waals surface area contributed by atoms with E-state index in [1.807, 2.05) is 18.2 Å². The van der Waals surface area contributed by atoms with Crippen LogP contribution in [0.1, 0.15) is 5.56 Å². The molecule has 2 aromatic rings. The molecule has 0 aliphatic rings. The highest BCUT2D eigenvalue weighted by molar-refractivity contribution is 5.94. The fourth-order valence-electron chi connectivity index (χ4n) is 2.40. The molecule has 1 amide bonds. The summed E-state index contributed by atoms with van der Waals surface area (Å²) in [5, 5.41) is 16.5. The maximum absolute atomic E-state index is 11.9. The lowest BCUT2D eigenvalue weighted by Crippen LogP contribution is -2.29. The third kappa shape index (κ3) is 5.18. The number of ether oxygens (including phenoxy) is 2. The van der Waals surface area contributed by atoms with Crippen molar-refractivity contribution in [3.8, 4) is 11.5 Å². The first-order chi connectivity index (χ1) is 12.5. The molecule has 0 aliphatic heterocycles. The number of nitro benzene ring substituents is 1. The molecular weight excluding hydrogens is 338 g/mol. The number of rotatable bonds is 9. The van der Waals surface area contributed by atoms with Crippen molar-refractivity contribution >= 4 is 17.3 Å². The molecule has 8 heteroatoms. The van der Waals surface area contributed by atoms with Gasteiger partial charge in [-0.25, -0.2) is 0 Å². The quantitative estimate of drug-likeness (QED) is 0.405. The molecule has 0 saturated carbocycles. The molecule has 2 rings (SSSR count). The van der Waals surface area contributed by atoms with Gasteiger partial charge in [0.1, 0.15) is 5.69 Å². The number of amides is 1. The molecule has 26 heavy (non-hydrogen) atoms. The molecule has 2 N–H and O–H groups in total. The highest BCUT2D eigenvalue weighted by Crippen LogP contribution is 2.27. The van der Waals surface area contributed by atoms with Gasteiger partial charge in [-0.15, -0.1) is 0 Å². The summed E-state index contributed by atoms with van der Waals surface area (Å²) >= 11 is 0. The van der Waals surface area contributed by atoms with Crippen LogP contribution >= 0.6 is 0 Å². The lowest BCUT2D eigenvalue weighted by atomic mass is 10.1. The molecule has 0 saturated heterocycles. The minimum absolute atomic E-state index is 0.0549. The highest BCUT2D eigenvalue weighted by Gasteiger charge is 2.14. The minimum Gasteiger partial charge on any atom is -0.493 e. The van der Waals surface area contributed by atoms with Crippen LogP contribution in [0.4, 0.5) is 11.4 Å². The number of carbonyl (C=O) groups excluding carboxylic acids is 1. The zero-order valence-electron chi connectivity index (χ0n) is 14.7. The zero-order valence-corrected chi connectivity index (χ0v) is 14.7. The molecule has 0 aliphatic carbocycles. The van der Waals surface area contributed by atoms with E-state index in [0.29, 0.717) is 24.5 Å². The van der Waals surface area contributed by atoms with Crippen LogP contribution < -0.4 is 20.1 Å². The molecule has 0 bridgehead atoms. The van der Waals surface area contributed by atoms with E-state index in [1.165, 1.54) is 12.1 Å². The van der Waals surface area contributed by atoms with Gasteiger partial charge in [0, 0.05) is 6.07 Å². The summed E-state index contributed by atoms with van der Waals surface area (Å²) < 4.78 is 10.4. The minimum atomic E-state index is -0.528. The Kier molecular flexibility index (Phi) is 6.92. The molecule has 8 nitrogen and oxygen atoms in total. The molecule has 0 radical (unpaired) electrons. The third-order valence-electron chi connectivity index (χ3n) is 3.70. The number of nitro groups is 1. The van der Waals surface area contributed by atoms with Crippen molar-refractivity contribution in [1.29, 1.82) is 0 Å². The number of hydrogen-bond donors (Lipinski definition) is 2. The number of anilines is 1. The van der Waals surface area contributed by atoms with Crippen LogP contribution in [0.2, 0.25) is 0 Å². The summed E-state index contributed by atoms with van der Waals surface area (Å²) in [5.74, 6) is 0.971. The molecule has 0 fully saturated rings. The van der Waals surface area contributed by atoms with Crippen LogP contribution in [-0.2, 0) is 11.2 Å². The van der Waals surface area contributed by atoms with Crippen molar-refractivity contribution in [2.75, 3.05) is 32.6 Å². The van der Waals surface area contributed by atoms with Gasteiger partial charge < -0.3 is 20.1 Å². The van der Waals surface area contributed by atoms with Gasteiger partial charge in [0.2, 0.25) is 5.91 Å². The predicted molar refractivity (Wildman–Crippen MR) is 97.8 cm³/mol. The second kappa shape index (κ2) is 9.38. The number of methoxy groups -OCH3 is 2. The number of carbonyl (C=O) groups is 1. The van der Waals surface area contributed by atoms with Gasteiger partial charge in [-0.1, -0.05) is 18.2 Å². The van der Waals surface area contributed by atoms with E-state index in [9.17, 15) is 14.9 Å². The monoisotopic (exact) mass is 359 g/mol. The fourth-order valence-corrected chi connectivity index (χ4v) is 2.40. The van der Waals surface area contributed by atoms with Crippen LogP contribution in [0.5, 0.6) is 11.5 Å². The Morgan fingerprint density at radius 1 is 1.12 bits per heavy atom. The topological polar surface area (TPSA) is 103 Å². The summed E-state index contributed by atoms with van der Waals surface area (Å²) in [4.78, 5) is 22.4. The first-order valence-corrected chi connectivity index (χ1v) is 8.00. The van der Waals surface area contributed by atoms with Gasteiger partial charge >= 0.3 is 0 Å². The summed E-state index contributed by atoms with van der Waals surface area (Å²) in [7, 11) is 3.15. The van der Waals surface area contributed by atoms with Crippen LogP contribution in [0, 0.1) is 10.1 Å². The van der Waals surface area contributed by atoms with Crippen LogP contribution in [0.3, 0.4) is 0 Å². The number of benzene rings is 2. The molecule has 0 heterocycles. The van der Waals surface area contributed by atoms with Crippen LogP contribution in [0.15, 0.2) is 42.5 Å². The van der Waals surface area contributed by atoms with Crippen LogP contribution in [-0.4, -0.2) is 38.1 Å². The fraction of sp³-hybridized carbons (Fsp3) is 0.278. The maximum atomic E-state index is 11.9. The SMILES string of the molecule is COc1ccc(CCNCC(=O)Nc2ccccc2[N+](=O)[O-])cc1OC. The Balaban J connectivity index is 1.81. The second-order valence-electron chi connectivity index (χ2n) is 5.44. The molecule has 0 aromatic heterocycles. The first kappa shape index (κ1) is 19.2. The molecule has 2 aromatic carbocycles. The first-order valence-electron chi connectivity index (χ1n) is 8.00. The Bertz CT molecular complexity index is 779. The Morgan fingerprint density at radius 2 is 1.85 bits per heavy atom. The number of para-hydroxylation sites is 2. The molecule has 0 atom stereocenters. The van der Waals surface area contributed by atoms with Crippen molar-refractivity contribution in [3.05, 3.63) is 58.1 Å². The van der Waals surface area contributed by atoms with Gasteiger partial charge in [0.05, 0.1) is 25.7 Å². The van der Waals surface area contributed by atoms with Gasteiger partial charge in [0.25, 0.3) is 5.69 Å². The van der Waals surface area contributed by atoms with Crippen molar-refractivity contribution in [2.45, 2.75) is 6.42 Å². The average Bonchev–Trinajstić information content (AvgIpc) is 2.65. The van der Waals surface area contributed by atoms with E-state index >= 15 is 0 Å². The van der Waals surface area contributed by atoms with E-state index < -0.39 is 4.92 Å². The van der Waals surface area contributed by atoms with E-state index in [-0.39, 0.29) is 23.8 Å².